The van der Waals surface area contributed by atoms with E-state index in [-0.39, 0.29) is 6.03 Å². The Kier molecular flexibility index (Phi) is 3.55. The van der Waals surface area contributed by atoms with Gasteiger partial charge < -0.3 is 0 Å². The molecule has 122 valence electrons. The average Bonchev–Trinajstić information content (AvgIpc) is 2.98. The lowest BCUT2D eigenvalue weighted by Gasteiger charge is -2.19. The predicted octanol–water partition coefficient (Wildman–Crippen LogP) is 3.63. The summed E-state index contributed by atoms with van der Waals surface area (Å²) in [6, 6.07) is 11.2. The second-order valence-electron chi connectivity index (χ2n) is 5.86. The van der Waals surface area contributed by atoms with Crippen LogP contribution in [0.25, 0.3) is 15.6 Å². The van der Waals surface area contributed by atoms with Gasteiger partial charge in [0.25, 0.3) is 0 Å². The number of hydrogen-bond acceptors (Lipinski definition) is 3. The van der Waals surface area contributed by atoms with Gasteiger partial charge in [0, 0.05) is 23.2 Å². The van der Waals surface area contributed by atoms with Gasteiger partial charge in [0.15, 0.2) is 0 Å². The molecule has 1 fully saturated rings. The molecule has 3 aromatic rings. The van der Waals surface area contributed by atoms with Crippen molar-refractivity contribution in [3.63, 3.8) is 0 Å². The first-order valence-electron chi connectivity index (χ1n) is 7.92. The topological polar surface area (TPSA) is 53.7 Å². The van der Waals surface area contributed by atoms with Gasteiger partial charge in [-0.25, -0.2) is 16.3 Å². The molecule has 1 aromatic carbocycles. The highest BCUT2D eigenvalue weighted by atomic mass is 16.2. The lowest BCUT2D eigenvalue weighted by molar-refractivity contribution is 0.255. The summed E-state index contributed by atoms with van der Waals surface area (Å²) in [6.45, 7) is 9.71. The molecule has 6 nitrogen and oxygen atoms in total. The van der Waals surface area contributed by atoms with Crippen LogP contribution in [0, 0.1) is 13.5 Å². The number of urea groups is 1. The first-order valence-corrected chi connectivity index (χ1v) is 7.92. The summed E-state index contributed by atoms with van der Waals surface area (Å²) in [4.78, 5) is 28.5. The summed E-state index contributed by atoms with van der Waals surface area (Å²) in [5.41, 5.74) is 2.16. The smallest absolute Gasteiger partial charge is 0.287 e. The van der Waals surface area contributed by atoms with E-state index >= 15 is 0 Å². The number of carbonyl (C=O) groups excluding carboxylic acids is 1. The molecule has 0 bridgehead atoms. The number of aromatic nitrogens is 2. The molecule has 0 saturated carbocycles. The maximum atomic E-state index is 13.1. The minimum absolute atomic E-state index is 0.227. The Bertz CT molecular complexity index is 1000. The minimum Gasteiger partial charge on any atom is -0.287 e. The van der Waals surface area contributed by atoms with Crippen molar-refractivity contribution in [2.45, 2.75) is 13.1 Å². The van der Waals surface area contributed by atoms with E-state index in [2.05, 4.69) is 14.8 Å². The average molecular weight is 329 g/mol. The Labute approximate surface area is 145 Å². The van der Waals surface area contributed by atoms with Crippen LogP contribution in [0.1, 0.15) is 5.69 Å². The highest BCUT2D eigenvalue weighted by Gasteiger charge is 2.44. The quantitative estimate of drug-likeness (QED) is 0.675. The normalized spacial score (nSPS) is 17.1. The van der Waals surface area contributed by atoms with Crippen molar-refractivity contribution in [2.24, 2.45) is 0 Å². The van der Waals surface area contributed by atoms with Gasteiger partial charge in [-0.2, -0.15) is 0 Å². The third-order valence-corrected chi connectivity index (χ3v) is 4.41. The number of benzene rings is 1. The van der Waals surface area contributed by atoms with E-state index in [0.717, 1.165) is 22.2 Å². The van der Waals surface area contributed by atoms with Crippen LogP contribution in [-0.2, 0) is 0 Å². The van der Waals surface area contributed by atoms with Crippen LogP contribution < -0.4 is 9.80 Å². The molecule has 2 amide bonds. The number of carbonyl (C=O) groups is 1. The van der Waals surface area contributed by atoms with Crippen LogP contribution in [-0.4, -0.2) is 28.7 Å². The van der Waals surface area contributed by atoms with Crippen LogP contribution in [0.4, 0.5) is 16.2 Å². The molecule has 1 aliphatic heterocycles. The molecular weight excluding hydrogens is 314 g/mol. The van der Waals surface area contributed by atoms with Crippen LogP contribution in [0.3, 0.4) is 0 Å². The predicted molar refractivity (Wildman–Crippen MR) is 96.3 cm³/mol. The Morgan fingerprint density at radius 3 is 2.80 bits per heavy atom. The molecule has 1 saturated heterocycles. The summed E-state index contributed by atoms with van der Waals surface area (Å²) >= 11 is 0. The van der Waals surface area contributed by atoms with Crippen LogP contribution in [0.5, 0.6) is 0 Å². The number of amides is 2. The number of rotatable bonds is 2. The van der Waals surface area contributed by atoms with Crippen LogP contribution >= 0.6 is 0 Å². The Morgan fingerprint density at radius 1 is 1.16 bits per heavy atom. The zero-order valence-electron chi connectivity index (χ0n) is 13.6. The molecule has 3 heterocycles. The summed E-state index contributed by atoms with van der Waals surface area (Å²) < 4.78 is 0. The first-order chi connectivity index (χ1) is 12.2. The minimum atomic E-state index is -0.597. The highest BCUT2D eigenvalue weighted by molar-refractivity contribution is 6.11. The zero-order chi connectivity index (χ0) is 17.4. The monoisotopic (exact) mass is 329 g/mol. The van der Waals surface area contributed by atoms with Gasteiger partial charge in [-0.05, 0) is 19.1 Å². The summed E-state index contributed by atoms with van der Waals surface area (Å²) in [7, 11) is 0. The van der Waals surface area contributed by atoms with E-state index in [1.807, 2.05) is 37.3 Å². The van der Waals surface area contributed by atoms with Gasteiger partial charge in [-0.3, -0.25) is 19.7 Å². The second kappa shape index (κ2) is 5.87. The van der Waals surface area contributed by atoms with Crippen LogP contribution in [0.15, 0.2) is 55.0 Å². The van der Waals surface area contributed by atoms with E-state index in [1.54, 1.807) is 29.6 Å². The van der Waals surface area contributed by atoms with Gasteiger partial charge in [0.2, 0.25) is 0 Å². The van der Waals surface area contributed by atoms with E-state index < -0.39 is 6.17 Å². The fraction of sp³-hybridized carbons (Fsp3) is 0.158. The SMILES string of the molecule is [C-]#[N+][C@@H]1CN(c2cccnc2C)C(=O)N1c1cncc2ccccc12. The second-order valence-corrected chi connectivity index (χ2v) is 5.86. The summed E-state index contributed by atoms with van der Waals surface area (Å²) in [6.07, 6.45) is 4.51. The summed E-state index contributed by atoms with van der Waals surface area (Å²) in [5.74, 6) is 0. The molecule has 1 atom stereocenters. The molecular formula is C19H15N5O. The van der Waals surface area contributed by atoms with Crippen molar-refractivity contribution in [3.8, 4) is 0 Å². The van der Waals surface area contributed by atoms with E-state index in [4.69, 9.17) is 6.57 Å². The maximum absolute atomic E-state index is 13.1. The van der Waals surface area contributed by atoms with Crippen LogP contribution in [0.2, 0.25) is 0 Å². The lowest BCUT2D eigenvalue weighted by Crippen LogP contribution is -2.34. The van der Waals surface area contributed by atoms with E-state index in [0.29, 0.717) is 12.2 Å². The van der Waals surface area contributed by atoms with Crippen molar-refractivity contribution in [3.05, 3.63) is 72.1 Å². The Morgan fingerprint density at radius 2 is 2.00 bits per heavy atom. The molecule has 6 heteroatoms. The molecule has 4 rings (SSSR count). The number of fused-ring (bicyclic) bond motifs is 1. The Hall–Kier alpha value is -3.46. The van der Waals surface area contributed by atoms with Gasteiger partial charge in [-0.1, -0.05) is 24.3 Å². The van der Waals surface area contributed by atoms with Crippen molar-refractivity contribution >= 4 is 28.2 Å². The van der Waals surface area contributed by atoms with Gasteiger partial charge in [-0.15, -0.1) is 0 Å². The molecule has 0 N–H and O–H groups in total. The number of aryl methyl sites for hydroxylation is 1. The number of anilines is 2. The van der Waals surface area contributed by atoms with Crippen molar-refractivity contribution in [2.75, 3.05) is 16.3 Å². The third-order valence-electron chi connectivity index (χ3n) is 4.41. The first kappa shape index (κ1) is 15.1. The third kappa shape index (κ3) is 2.37. The van der Waals surface area contributed by atoms with Crippen molar-refractivity contribution in [1.29, 1.82) is 0 Å². The molecule has 0 spiro atoms. The van der Waals surface area contributed by atoms with Gasteiger partial charge in [0.05, 0.1) is 23.3 Å². The molecule has 0 unspecified atom stereocenters. The molecule has 0 radical (unpaired) electrons. The molecule has 1 aliphatic rings. The Balaban J connectivity index is 1.83. The number of hydrogen-bond donors (Lipinski definition) is 0. The van der Waals surface area contributed by atoms with Crippen molar-refractivity contribution < 1.29 is 4.79 Å². The summed E-state index contributed by atoms with van der Waals surface area (Å²) in [5, 5.41) is 1.84. The largest absolute Gasteiger partial charge is 0.335 e. The maximum Gasteiger partial charge on any atom is 0.335 e. The molecule has 2 aromatic heterocycles. The fourth-order valence-corrected chi connectivity index (χ4v) is 3.20. The number of nitrogens with zero attached hydrogens (tertiary/aromatic N) is 5. The lowest BCUT2D eigenvalue weighted by atomic mass is 10.1. The number of pyridine rings is 2. The highest BCUT2D eigenvalue weighted by Crippen LogP contribution is 2.34. The van der Waals surface area contributed by atoms with Gasteiger partial charge >= 0.3 is 12.2 Å². The molecule has 0 aliphatic carbocycles. The molecule has 25 heavy (non-hydrogen) atoms. The van der Waals surface area contributed by atoms with Crippen molar-refractivity contribution in [1.82, 2.24) is 9.97 Å². The zero-order valence-corrected chi connectivity index (χ0v) is 13.6. The van der Waals surface area contributed by atoms with E-state index in [1.165, 1.54) is 4.90 Å². The van der Waals surface area contributed by atoms with Gasteiger partial charge in [0.1, 0.15) is 6.54 Å². The standard InChI is InChI=1S/C19H15N5O/c1-13-16(8-5-9-22-13)23-12-18(20-2)24(19(23)25)17-11-21-10-14-6-3-4-7-15(14)17/h3-11,18H,12H2,1H3/t18-/m0/s1. The fourth-order valence-electron chi connectivity index (χ4n) is 3.20. The van der Waals surface area contributed by atoms with E-state index in [9.17, 15) is 4.79 Å².